The number of hydrogen-bond acceptors (Lipinski definition) is 4. The van der Waals surface area contributed by atoms with Gasteiger partial charge in [-0.15, -0.1) is 0 Å². The lowest BCUT2D eigenvalue weighted by Gasteiger charge is -2.04. The Hall–Kier alpha value is -1.89. The van der Waals surface area contributed by atoms with Crippen molar-refractivity contribution in [2.24, 2.45) is 0 Å². The van der Waals surface area contributed by atoms with E-state index in [0.29, 0.717) is 0 Å². The van der Waals surface area contributed by atoms with E-state index in [4.69, 9.17) is 5.73 Å². The maximum atomic E-state index is 13.5. The van der Waals surface area contributed by atoms with E-state index in [-0.39, 0.29) is 16.5 Å². The average molecular weight is 255 g/mol. The number of nitrogens with two attached hydrogens (primary N) is 1. The summed E-state index contributed by atoms with van der Waals surface area (Å²) in [5.41, 5.74) is 5.72. The van der Waals surface area contributed by atoms with E-state index in [0.717, 1.165) is 10.9 Å². The molecule has 0 aliphatic carbocycles. The molecular formula is C10H10FN3O2S. The second-order valence-corrected chi connectivity index (χ2v) is 5.51. The molecule has 1 aromatic carbocycles. The molecule has 0 amide bonds. The molecule has 1 heterocycles. The zero-order valence-electron chi connectivity index (χ0n) is 8.96. The van der Waals surface area contributed by atoms with Gasteiger partial charge in [0.15, 0.2) is 14.9 Å². The molecule has 2 N–H and O–H groups in total. The molecule has 7 heteroatoms. The van der Waals surface area contributed by atoms with Crippen LogP contribution in [0.15, 0.2) is 35.4 Å². The van der Waals surface area contributed by atoms with Gasteiger partial charge in [0.25, 0.3) is 0 Å². The highest BCUT2D eigenvalue weighted by atomic mass is 32.2. The number of aromatic nitrogens is 2. The number of benzene rings is 1. The molecule has 17 heavy (non-hydrogen) atoms. The van der Waals surface area contributed by atoms with Gasteiger partial charge in [0.05, 0.1) is 0 Å². The maximum absolute atomic E-state index is 13.5. The van der Waals surface area contributed by atoms with Crippen LogP contribution in [0, 0.1) is 5.82 Å². The zero-order chi connectivity index (χ0) is 12.6. The Kier molecular flexibility index (Phi) is 2.62. The summed E-state index contributed by atoms with van der Waals surface area (Å²) in [5.74, 6) is -0.460. The fraction of sp³-hybridized carbons (Fsp3) is 0.100. The largest absolute Gasteiger partial charge is 0.384 e. The third kappa shape index (κ3) is 2.14. The van der Waals surface area contributed by atoms with Crippen molar-refractivity contribution in [1.82, 2.24) is 9.78 Å². The molecule has 0 saturated carbocycles. The molecule has 0 atom stereocenters. The first-order chi connectivity index (χ1) is 7.89. The Balaban J connectivity index is 2.63. The summed E-state index contributed by atoms with van der Waals surface area (Å²) in [6.07, 6.45) is 1.01. The molecule has 2 rings (SSSR count). The van der Waals surface area contributed by atoms with Crippen molar-refractivity contribution in [2.75, 3.05) is 12.0 Å². The van der Waals surface area contributed by atoms with Gasteiger partial charge in [-0.3, -0.25) is 0 Å². The van der Waals surface area contributed by atoms with E-state index in [1.165, 1.54) is 24.3 Å². The number of nitrogen functional groups attached to an aromatic ring is 1. The molecule has 0 spiro atoms. The second kappa shape index (κ2) is 3.85. The van der Waals surface area contributed by atoms with Crippen molar-refractivity contribution in [2.45, 2.75) is 5.03 Å². The summed E-state index contributed by atoms with van der Waals surface area (Å²) in [6, 6.07) is 7.04. The lowest BCUT2D eigenvalue weighted by Crippen LogP contribution is -2.05. The lowest BCUT2D eigenvalue weighted by atomic mass is 10.3. The van der Waals surface area contributed by atoms with Crippen molar-refractivity contribution < 1.29 is 12.8 Å². The molecule has 1 aromatic heterocycles. The van der Waals surface area contributed by atoms with Crippen molar-refractivity contribution in [1.29, 1.82) is 0 Å². The molecule has 0 bridgehead atoms. The summed E-state index contributed by atoms with van der Waals surface area (Å²) >= 11 is 0. The SMILES string of the molecule is CS(=O)(=O)c1cc(N)n(-c2ccccc2F)n1. The van der Waals surface area contributed by atoms with E-state index >= 15 is 0 Å². The Labute approximate surface area is 97.6 Å². The van der Waals surface area contributed by atoms with E-state index in [9.17, 15) is 12.8 Å². The average Bonchev–Trinajstić information content (AvgIpc) is 2.61. The minimum absolute atomic E-state index is 0.0653. The van der Waals surface area contributed by atoms with Gasteiger partial charge in [0.2, 0.25) is 0 Å². The van der Waals surface area contributed by atoms with Gasteiger partial charge in [-0.25, -0.2) is 17.5 Å². The predicted molar refractivity (Wildman–Crippen MR) is 61.0 cm³/mol. The van der Waals surface area contributed by atoms with Crippen LogP contribution in [0.2, 0.25) is 0 Å². The van der Waals surface area contributed by atoms with Gasteiger partial charge in [0, 0.05) is 12.3 Å². The molecule has 0 fully saturated rings. The van der Waals surface area contributed by atoms with Gasteiger partial charge in [-0.05, 0) is 12.1 Å². The summed E-state index contributed by atoms with van der Waals surface area (Å²) in [7, 11) is -3.46. The fourth-order valence-corrected chi connectivity index (χ4v) is 1.94. The Morgan fingerprint density at radius 3 is 2.53 bits per heavy atom. The molecule has 0 aliphatic heterocycles. The van der Waals surface area contributed by atoms with Gasteiger partial charge >= 0.3 is 0 Å². The molecule has 0 unspecified atom stereocenters. The highest BCUT2D eigenvalue weighted by molar-refractivity contribution is 7.90. The van der Waals surface area contributed by atoms with E-state index < -0.39 is 15.7 Å². The maximum Gasteiger partial charge on any atom is 0.194 e. The zero-order valence-corrected chi connectivity index (χ0v) is 9.78. The van der Waals surface area contributed by atoms with Crippen LogP contribution in [0.25, 0.3) is 5.69 Å². The lowest BCUT2D eigenvalue weighted by molar-refractivity contribution is 0.591. The number of nitrogens with zero attached hydrogens (tertiary/aromatic N) is 2. The molecule has 90 valence electrons. The summed E-state index contributed by atoms with van der Waals surface area (Å²) < 4.78 is 37.1. The molecule has 0 aliphatic rings. The molecule has 5 nitrogen and oxygen atoms in total. The smallest absolute Gasteiger partial charge is 0.194 e. The van der Waals surface area contributed by atoms with Crippen LogP contribution in [-0.2, 0) is 9.84 Å². The van der Waals surface area contributed by atoms with Crippen molar-refractivity contribution >= 4 is 15.7 Å². The summed E-state index contributed by atoms with van der Waals surface area (Å²) in [4.78, 5) is 0. The number of para-hydroxylation sites is 1. The number of anilines is 1. The molecular weight excluding hydrogens is 245 g/mol. The highest BCUT2D eigenvalue weighted by Crippen LogP contribution is 2.19. The molecule has 0 radical (unpaired) electrons. The number of halogens is 1. The third-order valence-electron chi connectivity index (χ3n) is 2.18. The van der Waals surface area contributed by atoms with Crippen LogP contribution >= 0.6 is 0 Å². The predicted octanol–water partition coefficient (Wildman–Crippen LogP) is 0.997. The van der Waals surface area contributed by atoms with Gasteiger partial charge < -0.3 is 5.73 Å². The van der Waals surface area contributed by atoms with Crippen molar-refractivity contribution in [3.63, 3.8) is 0 Å². The van der Waals surface area contributed by atoms with Gasteiger partial charge in [0.1, 0.15) is 17.3 Å². The van der Waals surface area contributed by atoms with Gasteiger partial charge in [-0.2, -0.15) is 5.10 Å². The number of sulfone groups is 1. The number of hydrogen-bond donors (Lipinski definition) is 1. The van der Waals surface area contributed by atoms with Crippen LogP contribution in [0.1, 0.15) is 0 Å². The quantitative estimate of drug-likeness (QED) is 0.868. The third-order valence-corrected chi connectivity index (χ3v) is 3.13. The monoisotopic (exact) mass is 255 g/mol. The van der Waals surface area contributed by atoms with Gasteiger partial charge in [-0.1, -0.05) is 12.1 Å². The first-order valence-electron chi connectivity index (χ1n) is 4.70. The van der Waals surface area contributed by atoms with Crippen LogP contribution < -0.4 is 5.73 Å². The summed E-state index contributed by atoms with van der Waals surface area (Å²) in [5, 5.41) is 3.59. The topological polar surface area (TPSA) is 78.0 Å². The Bertz CT molecular complexity index is 664. The molecule has 2 aromatic rings. The first-order valence-corrected chi connectivity index (χ1v) is 6.59. The standard InChI is InChI=1S/C10H10FN3O2S/c1-17(15,16)10-6-9(12)14(13-10)8-5-3-2-4-7(8)11/h2-6H,12H2,1H3. The summed E-state index contributed by atoms with van der Waals surface area (Å²) in [6.45, 7) is 0. The number of rotatable bonds is 2. The minimum Gasteiger partial charge on any atom is -0.384 e. The van der Waals surface area contributed by atoms with E-state index in [1.54, 1.807) is 6.07 Å². The minimum atomic E-state index is -3.46. The van der Waals surface area contributed by atoms with E-state index in [1.807, 2.05) is 0 Å². The fourth-order valence-electron chi connectivity index (χ4n) is 1.37. The van der Waals surface area contributed by atoms with E-state index in [2.05, 4.69) is 5.10 Å². The Morgan fingerprint density at radius 1 is 1.35 bits per heavy atom. The van der Waals surface area contributed by atoms with Crippen molar-refractivity contribution in [3.8, 4) is 5.69 Å². The van der Waals surface area contributed by atoms with Crippen LogP contribution in [-0.4, -0.2) is 24.5 Å². The van der Waals surface area contributed by atoms with Crippen LogP contribution in [0.4, 0.5) is 10.2 Å². The normalized spacial score (nSPS) is 11.6. The molecule has 0 saturated heterocycles. The van der Waals surface area contributed by atoms with Crippen LogP contribution in [0.3, 0.4) is 0 Å². The second-order valence-electron chi connectivity index (χ2n) is 3.54. The highest BCUT2D eigenvalue weighted by Gasteiger charge is 2.16. The Morgan fingerprint density at radius 2 is 2.00 bits per heavy atom. The van der Waals surface area contributed by atoms with Crippen molar-refractivity contribution in [3.05, 3.63) is 36.1 Å². The van der Waals surface area contributed by atoms with Crippen LogP contribution in [0.5, 0.6) is 0 Å². The first kappa shape index (κ1) is 11.6.